The van der Waals surface area contributed by atoms with Crippen LogP contribution in [0.3, 0.4) is 0 Å². The molecule has 5 heteroatoms. The number of hydrogen-bond donors (Lipinski definition) is 2. The van der Waals surface area contributed by atoms with Crippen molar-refractivity contribution in [1.82, 2.24) is 15.1 Å². The van der Waals surface area contributed by atoms with E-state index in [1.54, 1.807) is 30.3 Å². The molecule has 0 radical (unpaired) electrons. The van der Waals surface area contributed by atoms with Crippen molar-refractivity contribution in [3.05, 3.63) is 30.3 Å². The lowest BCUT2D eigenvalue weighted by Crippen LogP contribution is -2.57. The molecule has 23 heavy (non-hydrogen) atoms. The van der Waals surface area contributed by atoms with E-state index in [9.17, 15) is 4.79 Å². The number of amides is 2. The normalized spacial score (nSPS) is 47.6. The van der Waals surface area contributed by atoms with E-state index in [4.69, 9.17) is 9.64 Å². The Balaban J connectivity index is 1.88. The highest BCUT2D eigenvalue weighted by Crippen LogP contribution is 2.35. The molecule has 0 spiro atoms. The summed E-state index contributed by atoms with van der Waals surface area (Å²) in [6.07, 6.45) is -2.22. The molecule has 2 amide bonds. The third kappa shape index (κ3) is 2.67. The minimum absolute atomic E-state index is 0.165. The molecule has 1 aromatic rings. The highest BCUT2D eigenvalue weighted by molar-refractivity contribution is 5.78. The lowest BCUT2D eigenvalue weighted by molar-refractivity contribution is 0.152. The summed E-state index contributed by atoms with van der Waals surface area (Å²) in [7, 11) is 1.28. The van der Waals surface area contributed by atoms with Gasteiger partial charge in [-0.3, -0.25) is 5.31 Å². The van der Waals surface area contributed by atoms with Gasteiger partial charge in [0.15, 0.2) is 0 Å². The van der Waals surface area contributed by atoms with Crippen LogP contribution < -0.4 is 10.6 Å². The van der Waals surface area contributed by atoms with Crippen molar-refractivity contribution in [2.75, 3.05) is 18.9 Å². The zero-order valence-corrected chi connectivity index (χ0v) is 13.1. The summed E-state index contributed by atoms with van der Waals surface area (Å²) in [4.78, 5) is 15.3. The summed E-state index contributed by atoms with van der Waals surface area (Å²) in [5.74, 6) is 0. The number of carbonyl (C=O) groups excluding carboxylic acids is 1. The Morgan fingerprint density at radius 1 is 1.35 bits per heavy atom. The Morgan fingerprint density at radius 2 is 2.09 bits per heavy atom. The molecular formula is C18H26N4O. The Hall–Kier alpha value is -1.75. The van der Waals surface area contributed by atoms with E-state index in [0.29, 0.717) is 18.5 Å². The summed E-state index contributed by atoms with van der Waals surface area (Å²) in [6, 6.07) is 3.37. The van der Waals surface area contributed by atoms with E-state index in [-0.39, 0.29) is 11.4 Å². The van der Waals surface area contributed by atoms with E-state index < -0.39 is 37.1 Å². The van der Waals surface area contributed by atoms with Crippen molar-refractivity contribution in [2.24, 2.45) is 0 Å². The number of nitrogens with one attached hydrogen (secondary N) is 2. The molecule has 0 bridgehead atoms. The van der Waals surface area contributed by atoms with Gasteiger partial charge in [-0.15, -0.1) is 0 Å². The van der Waals surface area contributed by atoms with Gasteiger partial charge in [0.2, 0.25) is 0 Å². The van der Waals surface area contributed by atoms with E-state index in [0.717, 1.165) is 17.7 Å². The van der Waals surface area contributed by atoms with Gasteiger partial charge in [0.1, 0.15) is 1.41 Å². The first-order chi connectivity index (χ1) is 13.9. The zero-order valence-electron chi connectivity index (χ0n) is 20.1. The molecule has 1 saturated carbocycles. The maximum absolute atomic E-state index is 13.2. The Kier molecular flexibility index (Phi) is 2.34. The van der Waals surface area contributed by atoms with Crippen molar-refractivity contribution in [3.8, 4) is 0 Å². The summed E-state index contributed by atoms with van der Waals surface area (Å²) < 4.78 is 61.4. The molecule has 5 nitrogen and oxygen atoms in total. The van der Waals surface area contributed by atoms with Gasteiger partial charge in [-0.05, 0) is 25.0 Å². The number of urea groups is 1. The van der Waals surface area contributed by atoms with Crippen molar-refractivity contribution < 1.29 is 14.4 Å². The van der Waals surface area contributed by atoms with Crippen molar-refractivity contribution in [3.63, 3.8) is 0 Å². The molecule has 124 valence electrons. The second-order valence-electron chi connectivity index (χ2n) is 6.18. The maximum atomic E-state index is 13.2. The average Bonchev–Trinajstić information content (AvgIpc) is 3.29. The van der Waals surface area contributed by atoms with Crippen LogP contribution in [-0.2, 0) is 0 Å². The van der Waals surface area contributed by atoms with Crippen LogP contribution in [0.25, 0.3) is 0 Å². The molecule has 2 aliphatic heterocycles. The van der Waals surface area contributed by atoms with Gasteiger partial charge < -0.3 is 15.1 Å². The SMILES string of the molecule is [2H]N1C([2H])([2H])C2([2H])C(N(C3CCCC3)C(=O)N2C)C([2H])([2H])C1([2H])Nc1ccccc1. The van der Waals surface area contributed by atoms with Crippen LogP contribution in [0, 0.1) is 0 Å². The summed E-state index contributed by atoms with van der Waals surface area (Å²) in [6.45, 7) is -2.83. The summed E-state index contributed by atoms with van der Waals surface area (Å²) in [5.41, 5.74) is 0.340. The van der Waals surface area contributed by atoms with E-state index in [2.05, 4.69) is 5.32 Å². The Morgan fingerprint density at radius 3 is 2.83 bits per heavy atom. The van der Waals surface area contributed by atoms with Crippen LogP contribution in [0.4, 0.5) is 10.5 Å². The number of nitrogens with zero attached hydrogens (tertiary/aromatic N) is 2. The molecule has 1 aromatic carbocycles. The fourth-order valence-corrected chi connectivity index (χ4v) is 3.52. The fraction of sp³-hybridized carbons (Fsp3) is 0.611. The first-order valence-electron chi connectivity index (χ1n) is 11.5. The fourth-order valence-electron chi connectivity index (χ4n) is 3.52. The molecule has 4 rings (SSSR count). The van der Waals surface area contributed by atoms with Crippen LogP contribution >= 0.6 is 0 Å². The largest absolute Gasteiger partial charge is 0.370 e. The third-order valence-corrected chi connectivity index (χ3v) is 4.72. The molecular weight excluding hydrogens is 288 g/mol. The van der Waals surface area contributed by atoms with Gasteiger partial charge in [-0.25, -0.2) is 4.79 Å². The molecule has 1 aliphatic carbocycles. The number of fused-ring (bicyclic) bond motifs is 1. The van der Waals surface area contributed by atoms with Crippen LogP contribution in [0.2, 0.25) is 1.41 Å². The highest BCUT2D eigenvalue weighted by Gasteiger charge is 2.49. The first kappa shape index (κ1) is 8.92. The first-order valence-corrected chi connectivity index (χ1v) is 8.09. The monoisotopic (exact) mass is 321 g/mol. The quantitative estimate of drug-likeness (QED) is 0.899. The highest BCUT2D eigenvalue weighted by atomic mass is 16.2. The van der Waals surface area contributed by atoms with Crippen LogP contribution in [0.5, 0.6) is 0 Å². The molecule has 3 unspecified atom stereocenters. The number of benzene rings is 1. The predicted octanol–water partition coefficient (Wildman–Crippen LogP) is 2.47. The molecule has 3 fully saturated rings. The topological polar surface area (TPSA) is 47.6 Å². The summed E-state index contributed by atoms with van der Waals surface area (Å²) in [5, 5.41) is 2.84. The van der Waals surface area contributed by atoms with Crippen LogP contribution in [0.15, 0.2) is 30.3 Å². The number of anilines is 1. The van der Waals surface area contributed by atoms with Crippen molar-refractivity contribution >= 4 is 11.7 Å². The van der Waals surface area contributed by atoms with Gasteiger partial charge in [-0.1, -0.05) is 31.0 Å². The van der Waals surface area contributed by atoms with Crippen molar-refractivity contribution in [2.45, 2.75) is 56.3 Å². The number of hydrogen-bond acceptors (Lipinski definition) is 3. The smallest absolute Gasteiger partial charge is 0.320 e. The number of rotatable bonds is 3. The summed E-state index contributed by atoms with van der Waals surface area (Å²) >= 11 is 0. The zero-order chi connectivity index (χ0) is 22.1. The average molecular weight is 321 g/mol. The van der Waals surface area contributed by atoms with Gasteiger partial charge in [0.25, 0.3) is 0 Å². The Labute approximate surface area is 147 Å². The standard InChI is InChI=1S/C18H26N4O/c1-21-16-12-19-17(20-13-7-3-2-4-8-13)11-15(16)22(18(21)23)14-9-5-6-10-14/h2-4,7-8,14-17,19-20H,5-6,9-12H2,1H3/i11D2,12D2,16D,17D/hD. The van der Waals surface area contributed by atoms with Crippen LogP contribution in [-0.4, -0.2) is 53.6 Å². The molecule has 0 aromatic heterocycles. The van der Waals surface area contributed by atoms with Gasteiger partial charge >= 0.3 is 6.03 Å². The predicted molar refractivity (Wildman–Crippen MR) is 91.3 cm³/mol. The lowest BCUT2D eigenvalue weighted by atomic mass is 9.97. The van der Waals surface area contributed by atoms with E-state index in [1.165, 1.54) is 11.9 Å². The number of para-hydroxylation sites is 1. The molecule has 3 aliphatic rings. The second kappa shape index (κ2) is 6.04. The lowest BCUT2D eigenvalue weighted by Gasteiger charge is -2.39. The number of piperidine rings is 1. The van der Waals surface area contributed by atoms with E-state index in [1.807, 2.05) is 0 Å². The molecule has 2 heterocycles. The molecule has 2 N–H and O–H groups in total. The minimum Gasteiger partial charge on any atom is -0.370 e. The van der Waals surface area contributed by atoms with E-state index >= 15 is 0 Å². The Bertz CT molecular complexity index is 837. The maximum Gasteiger partial charge on any atom is 0.320 e. The third-order valence-electron chi connectivity index (χ3n) is 4.72. The minimum atomic E-state index is -2.83. The molecule has 2 saturated heterocycles. The second-order valence-corrected chi connectivity index (χ2v) is 6.18. The van der Waals surface area contributed by atoms with Gasteiger partial charge in [0.05, 0.1) is 20.9 Å². The molecule has 3 atom stereocenters. The van der Waals surface area contributed by atoms with Crippen molar-refractivity contribution in [1.29, 1.82) is 0 Å². The van der Waals surface area contributed by atoms with Crippen LogP contribution in [0.1, 0.15) is 40.3 Å². The number of carbonyl (C=O) groups is 1. The number of likely N-dealkylation sites (N-methyl/N-ethyl adjacent to an activating group) is 1. The van der Waals surface area contributed by atoms with Gasteiger partial charge in [-0.2, -0.15) is 0 Å². The van der Waals surface area contributed by atoms with Gasteiger partial charge in [0, 0.05) is 37.1 Å².